The van der Waals surface area contributed by atoms with Crippen molar-refractivity contribution in [2.24, 2.45) is 0 Å². The van der Waals surface area contributed by atoms with Crippen LogP contribution < -0.4 is 5.56 Å². The summed E-state index contributed by atoms with van der Waals surface area (Å²) in [6, 6.07) is 9.10. The largest absolute Gasteiger partial charge is 0.364 e. The molecule has 3 heterocycles. The van der Waals surface area contributed by atoms with E-state index < -0.39 is 9.84 Å². The SMILES string of the molecule is O=c1c2c[nH]c3c(c-2nn1-c1ccccc1)CS(=O)(=O)CC3. The molecule has 0 saturated carbocycles. The molecule has 0 aliphatic carbocycles. The van der Waals surface area contributed by atoms with Gasteiger partial charge in [-0.2, -0.15) is 9.78 Å². The highest BCUT2D eigenvalue weighted by atomic mass is 32.2. The predicted molar refractivity (Wildman–Crippen MR) is 82.0 cm³/mol. The number of para-hydroxylation sites is 1. The zero-order valence-electron chi connectivity index (χ0n) is 11.6. The maximum atomic E-state index is 12.5. The van der Waals surface area contributed by atoms with Gasteiger partial charge in [0.15, 0.2) is 9.84 Å². The van der Waals surface area contributed by atoms with Crippen LogP contribution in [-0.2, 0) is 22.0 Å². The molecule has 0 spiro atoms. The first kappa shape index (κ1) is 13.3. The summed E-state index contributed by atoms with van der Waals surface area (Å²) < 4.78 is 25.1. The average molecular weight is 315 g/mol. The van der Waals surface area contributed by atoms with Gasteiger partial charge in [0.05, 0.1) is 22.8 Å². The fourth-order valence-electron chi connectivity index (χ4n) is 2.83. The van der Waals surface area contributed by atoms with Crippen LogP contribution in [0.2, 0.25) is 0 Å². The van der Waals surface area contributed by atoms with E-state index in [4.69, 9.17) is 0 Å². The number of aromatic amines is 1. The first-order chi connectivity index (χ1) is 10.6. The van der Waals surface area contributed by atoms with Crippen molar-refractivity contribution in [3.8, 4) is 16.9 Å². The van der Waals surface area contributed by atoms with Crippen molar-refractivity contribution in [2.45, 2.75) is 12.2 Å². The molecule has 22 heavy (non-hydrogen) atoms. The Morgan fingerprint density at radius 3 is 2.73 bits per heavy atom. The Kier molecular flexibility index (Phi) is 2.74. The number of pyridine rings is 1. The van der Waals surface area contributed by atoms with Crippen molar-refractivity contribution >= 4 is 9.84 Å². The lowest BCUT2D eigenvalue weighted by Crippen LogP contribution is -2.21. The van der Waals surface area contributed by atoms with Crippen molar-refractivity contribution in [2.75, 3.05) is 5.75 Å². The van der Waals surface area contributed by atoms with Crippen LogP contribution in [0.4, 0.5) is 0 Å². The monoisotopic (exact) mass is 315 g/mol. The third-order valence-corrected chi connectivity index (χ3v) is 5.50. The number of rotatable bonds is 1. The standard InChI is InChI=1S/C15H13N3O3S/c19-15-11-8-16-13-6-7-22(20,21)9-12(13)14(11)17-18(15)10-4-2-1-3-5-10/h1-5,8,16H,6-7,9H2. The number of H-pyrrole nitrogens is 1. The summed E-state index contributed by atoms with van der Waals surface area (Å²) in [6.45, 7) is 0. The molecule has 1 N–H and O–H groups in total. The molecule has 0 radical (unpaired) electrons. The average Bonchev–Trinajstić information content (AvgIpc) is 2.85. The zero-order valence-corrected chi connectivity index (χ0v) is 12.4. The van der Waals surface area contributed by atoms with E-state index in [9.17, 15) is 13.2 Å². The van der Waals surface area contributed by atoms with Gasteiger partial charge in [0.2, 0.25) is 0 Å². The van der Waals surface area contributed by atoms with Crippen LogP contribution in [0, 0.1) is 0 Å². The molecule has 0 bridgehead atoms. The third kappa shape index (κ3) is 1.97. The number of benzene rings is 1. The second-order valence-corrected chi connectivity index (χ2v) is 7.59. The van der Waals surface area contributed by atoms with Gasteiger partial charge < -0.3 is 4.98 Å². The Morgan fingerprint density at radius 1 is 1.18 bits per heavy atom. The van der Waals surface area contributed by atoms with E-state index in [1.165, 1.54) is 4.68 Å². The van der Waals surface area contributed by atoms with Gasteiger partial charge in [0.25, 0.3) is 5.56 Å². The third-order valence-electron chi connectivity index (χ3n) is 3.95. The number of hydrogen-bond acceptors (Lipinski definition) is 4. The summed E-state index contributed by atoms with van der Waals surface area (Å²) in [4.78, 5) is 15.6. The molecule has 1 aromatic rings. The second kappa shape index (κ2) is 4.54. The van der Waals surface area contributed by atoms with Crippen LogP contribution in [0.1, 0.15) is 11.3 Å². The highest BCUT2D eigenvalue weighted by Crippen LogP contribution is 2.29. The number of aryl methyl sites for hydroxylation is 1. The van der Waals surface area contributed by atoms with E-state index in [-0.39, 0.29) is 17.1 Å². The molecule has 0 amide bonds. The lowest BCUT2D eigenvalue weighted by molar-refractivity contribution is 0.590. The minimum Gasteiger partial charge on any atom is -0.364 e. The quantitative estimate of drug-likeness (QED) is 0.729. The van der Waals surface area contributed by atoms with Crippen molar-refractivity contribution in [3.05, 3.63) is 58.1 Å². The van der Waals surface area contributed by atoms with Gasteiger partial charge in [-0.25, -0.2) is 8.42 Å². The van der Waals surface area contributed by atoms with Crippen LogP contribution in [0.5, 0.6) is 0 Å². The van der Waals surface area contributed by atoms with Crippen molar-refractivity contribution < 1.29 is 8.42 Å². The number of nitrogens with one attached hydrogen (secondary N) is 1. The van der Waals surface area contributed by atoms with Gasteiger partial charge in [-0.15, -0.1) is 0 Å². The Labute approximate surface area is 126 Å². The van der Waals surface area contributed by atoms with Gasteiger partial charge in [-0.1, -0.05) is 18.2 Å². The van der Waals surface area contributed by atoms with Crippen molar-refractivity contribution in [1.29, 1.82) is 0 Å². The molecule has 0 fully saturated rings. The number of aromatic nitrogens is 3. The Bertz CT molecular complexity index is 987. The molecule has 112 valence electrons. The summed E-state index contributed by atoms with van der Waals surface area (Å²) in [5.74, 6) is 0.0625. The number of hydrogen-bond donors (Lipinski definition) is 1. The lowest BCUT2D eigenvalue weighted by atomic mass is 10.1. The van der Waals surface area contributed by atoms with E-state index in [1.54, 1.807) is 18.3 Å². The highest BCUT2D eigenvalue weighted by Gasteiger charge is 2.29. The molecule has 0 saturated heterocycles. The lowest BCUT2D eigenvalue weighted by Gasteiger charge is -2.17. The summed E-state index contributed by atoms with van der Waals surface area (Å²) in [5, 5.41) is 4.38. The van der Waals surface area contributed by atoms with E-state index in [1.807, 2.05) is 18.2 Å². The zero-order chi connectivity index (χ0) is 15.3. The predicted octanol–water partition coefficient (Wildman–Crippen LogP) is 1.14. The highest BCUT2D eigenvalue weighted by molar-refractivity contribution is 7.90. The van der Waals surface area contributed by atoms with Gasteiger partial charge in [-0.3, -0.25) is 4.79 Å². The van der Waals surface area contributed by atoms with Crippen LogP contribution in [0.3, 0.4) is 0 Å². The first-order valence-electron chi connectivity index (χ1n) is 6.93. The topological polar surface area (TPSA) is 84.8 Å². The van der Waals surface area contributed by atoms with Gasteiger partial charge in [0.1, 0.15) is 5.69 Å². The van der Waals surface area contributed by atoms with E-state index in [2.05, 4.69) is 10.1 Å². The maximum absolute atomic E-state index is 12.5. The van der Waals surface area contributed by atoms with Gasteiger partial charge in [-0.05, 0) is 12.1 Å². The first-order valence-corrected chi connectivity index (χ1v) is 8.75. The minimum absolute atomic E-state index is 0.0680. The Morgan fingerprint density at radius 2 is 1.95 bits per heavy atom. The second-order valence-electron chi connectivity index (χ2n) is 5.40. The smallest absolute Gasteiger partial charge is 0.282 e. The Hall–Kier alpha value is -2.41. The van der Waals surface area contributed by atoms with E-state index in [0.29, 0.717) is 28.9 Å². The molecule has 4 rings (SSSR count). The molecule has 0 aromatic heterocycles. The fraction of sp³-hybridized carbons (Fsp3) is 0.200. The number of sulfone groups is 1. The molecule has 3 aliphatic rings. The molecule has 1 aromatic carbocycles. The molecular formula is C15H13N3O3S. The molecule has 6 nitrogen and oxygen atoms in total. The van der Waals surface area contributed by atoms with Crippen LogP contribution >= 0.6 is 0 Å². The maximum Gasteiger partial charge on any atom is 0.282 e. The fourth-order valence-corrected chi connectivity index (χ4v) is 4.24. The molecule has 0 unspecified atom stereocenters. The van der Waals surface area contributed by atoms with Crippen molar-refractivity contribution in [1.82, 2.24) is 14.8 Å². The molecule has 0 atom stereocenters. The van der Waals surface area contributed by atoms with Crippen LogP contribution in [0.15, 0.2) is 41.3 Å². The van der Waals surface area contributed by atoms with E-state index in [0.717, 1.165) is 5.69 Å². The normalized spacial score (nSPS) is 16.5. The molecule has 3 aliphatic heterocycles. The van der Waals surface area contributed by atoms with E-state index >= 15 is 0 Å². The summed E-state index contributed by atoms with van der Waals surface area (Å²) >= 11 is 0. The van der Waals surface area contributed by atoms with Crippen LogP contribution in [0.25, 0.3) is 16.9 Å². The van der Waals surface area contributed by atoms with Crippen LogP contribution in [-0.4, -0.2) is 28.9 Å². The summed E-state index contributed by atoms with van der Waals surface area (Å²) in [5.41, 5.74) is 2.78. The van der Waals surface area contributed by atoms with Crippen molar-refractivity contribution in [3.63, 3.8) is 0 Å². The molecular weight excluding hydrogens is 302 g/mol. The van der Waals surface area contributed by atoms with Gasteiger partial charge in [0, 0.05) is 23.9 Å². The number of fused-ring (bicyclic) bond motifs is 3. The van der Waals surface area contributed by atoms with Gasteiger partial charge >= 0.3 is 0 Å². The minimum atomic E-state index is -3.13. The summed E-state index contributed by atoms with van der Waals surface area (Å²) in [6.07, 6.45) is 2.06. The Balaban J connectivity index is 1.99. The summed E-state index contributed by atoms with van der Waals surface area (Å²) in [7, 11) is -3.13. The molecule has 7 heteroatoms. The number of nitrogens with zero attached hydrogens (tertiary/aromatic N) is 2.